The van der Waals surface area contributed by atoms with E-state index in [1.807, 2.05) is 0 Å². The van der Waals surface area contributed by atoms with Crippen molar-refractivity contribution in [2.75, 3.05) is 19.6 Å². The molecule has 1 saturated heterocycles. The van der Waals surface area contributed by atoms with Gasteiger partial charge < -0.3 is 10.6 Å². The van der Waals surface area contributed by atoms with Gasteiger partial charge in [-0.25, -0.2) is 0 Å². The van der Waals surface area contributed by atoms with E-state index >= 15 is 0 Å². The van der Waals surface area contributed by atoms with Crippen molar-refractivity contribution >= 4 is 0 Å². The number of nitrogens with zero attached hydrogens (tertiary/aromatic N) is 1. The molecule has 0 bridgehead atoms. The monoisotopic (exact) mass is 252 g/mol. The lowest BCUT2D eigenvalue weighted by atomic mass is 9.76. The van der Waals surface area contributed by atoms with Crippen LogP contribution in [-0.2, 0) is 0 Å². The number of likely N-dealkylation sites (tertiary alicyclic amines) is 1. The molecule has 2 aliphatic rings. The maximum Gasteiger partial charge on any atom is 0.0138 e. The van der Waals surface area contributed by atoms with Crippen molar-refractivity contribution in [2.24, 2.45) is 17.6 Å². The highest BCUT2D eigenvalue weighted by molar-refractivity contribution is 4.88. The zero-order chi connectivity index (χ0) is 12.8. The topological polar surface area (TPSA) is 29.3 Å². The highest BCUT2D eigenvalue weighted by Gasteiger charge is 2.33. The molecule has 18 heavy (non-hydrogen) atoms. The molecule has 2 fully saturated rings. The molecule has 2 heteroatoms. The van der Waals surface area contributed by atoms with Gasteiger partial charge in [0, 0.05) is 6.04 Å². The number of rotatable bonds is 4. The lowest BCUT2D eigenvalue weighted by Gasteiger charge is -2.42. The summed E-state index contributed by atoms with van der Waals surface area (Å²) < 4.78 is 0. The van der Waals surface area contributed by atoms with Crippen LogP contribution >= 0.6 is 0 Å². The summed E-state index contributed by atoms with van der Waals surface area (Å²) in [6, 6.07) is 0.804. The van der Waals surface area contributed by atoms with Crippen molar-refractivity contribution in [1.29, 1.82) is 0 Å². The van der Waals surface area contributed by atoms with E-state index in [2.05, 4.69) is 11.8 Å². The van der Waals surface area contributed by atoms with Crippen LogP contribution in [0, 0.1) is 11.8 Å². The van der Waals surface area contributed by atoms with E-state index in [1.165, 1.54) is 70.9 Å². The Morgan fingerprint density at radius 2 is 1.78 bits per heavy atom. The Bertz CT molecular complexity index is 221. The third-order valence-electron chi connectivity index (χ3n) is 5.17. The molecule has 0 amide bonds. The Balaban J connectivity index is 1.95. The van der Waals surface area contributed by atoms with Crippen LogP contribution in [0.25, 0.3) is 0 Å². The molecular weight excluding hydrogens is 220 g/mol. The molecule has 0 radical (unpaired) electrons. The molecule has 3 unspecified atom stereocenters. The summed E-state index contributed by atoms with van der Waals surface area (Å²) in [5.74, 6) is 1.75. The van der Waals surface area contributed by atoms with Gasteiger partial charge in [0.2, 0.25) is 0 Å². The highest BCUT2D eigenvalue weighted by atomic mass is 15.2. The van der Waals surface area contributed by atoms with E-state index in [4.69, 9.17) is 5.73 Å². The molecule has 2 rings (SSSR count). The SMILES string of the molecule is CCCC1CCC(CN)C(N2CCCCCC2)C1. The van der Waals surface area contributed by atoms with E-state index < -0.39 is 0 Å². The van der Waals surface area contributed by atoms with Crippen LogP contribution in [0.1, 0.15) is 64.7 Å². The fourth-order valence-corrected chi connectivity index (χ4v) is 4.11. The average Bonchev–Trinajstić information content (AvgIpc) is 2.68. The fraction of sp³-hybridized carbons (Fsp3) is 1.00. The lowest BCUT2D eigenvalue weighted by molar-refractivity contribution is 0.0817. The van der Waals surface area contributed by atoms with E-state index in [9.17, 15) is 0 Å². The fourth-order valence-electron chi connectivity index (χ4n) is 4.11. The maximum absolute atomic E-state index is 6.03. The van der Waals surface area contributed by atoms with Crippen LogP contribution in [0.5, 0.6) is 0 Å². The van der Waals surface area contributed by atoms with Crippen molar-refractivity contribution in [3.8, 4) is 0 Å². The predicted octanol–water partition coefficient (Wildman–Crippen LogP) is 3.41. The summed E-state index contributed by atoms with van der Waals surface area (Å²) in [5, 5.41) is 0. The van der Waals surface area contributed by atoms with Gasteiger partial charge in [0.05, 0.1) is 0 Å². The zero-order valence-corrected chi connectivity index (χ0v) is 12.2. The molecule has 1 heterocycles. The van der Waals surface area contributed by atoms with Gasteiger partial charge in [0.1, 0.15) is 0 Å². The third-order valence-corrected chi connectivity index (χ3v) is 5.17. The first-order chi connectivity index (χ1) is 8.85. The maximum atomic E-state index is 6.03. The second-order valence-electron chi connectivity index (χ2n) is 6.48. The Labute approximate surface area is 113 Å². The van der Waals surface area contributed by atoms with E-state index in [0.717, 1.165) is 24.4 Å². The average molecular weight is 252 g/mol. The van der Waals surface area contributed by atoms with Crippen molar-refractivity contribution in [2.45, 2.75) is 70.8 Å². The molecule has 1 aliphatic heterocycles. The first-order valence-corrected chi connectivity index (χ1v) is 8.29. The van der Waals surface area contributed by atoms with Crippen LogP contribution in [0.4, 0.5) is 0 Å². The lowest BCUT2D eigenvalue weighted by Crippen LogP contribution is -2.47. The molecule has 0 aromatic heterocycles. The second-order valence-corrected chi connectivity index (χ2v) is 6.48. The largest absolute Gasteiger partial charge is 0.330 e. The summed E-state index contributed by atoms with van der Waals surface area (Å²) in [6.45, 7) is 5.90. The Morgan fingerprint density at radius 1 is 1.06 bits per heavy atom. The van der Waals surface area contributed by atoms with Crippen LogP contribution in [0.3, 0.4) is 0 Å². The van der Waals surface area contributed by atoms with E-state index in [1.54, 1.807) is 0 Å². The molecule has 0 aromatic carbocycles. The van der Waals surface area contributed by atoms with Crippen LogP contribution in [0.15, 0.2) is 0 Å². The van der Waals surface area contributed by atoms with Crippen molar-refractivity contribution < 1.29 is 0 Å². The molecule has 2 nitrogen and oxygen atoms in total. The van der Waals surface area contributed by atoms with Crippen LogP contribution in [-0.4, -0.2) is 30.6 Å². The summed E-state index contributed by atoms with van der Waals surface area (Å²) >= 11 is 0. The predicted molar refractivity (Wildman–Crippen MR) is 78.6 cm³/mol. The molecule has 3 atom stereocenters. The third kappa shape index (κ3) is 3.71. The number of hydrogen-bond acceptors (Lipinski definition) is 2. The second kappa shape index (κ2) is 7.49. The molecule has 1 aliphatic carbocycles. The molecule has 1 saturated carbocycles. The molecule has 2 N–H and O–H groups in total. The molecule has 106 valence electrons. The zero-order valence-electron chi connectivity index (χ0n) is 12.2. The summed E-state index contributed by atoms with van der Waals surface area (Å²) in [4.78, 5) is 2.80. The van der Waals surface area contributed by atoms with Crippen molar-refractivity contribution in [3.63, 3.8) is 0 Å². The Kier molecular flexibility index (Phi) is 5.97. The van der Waals surface area contributed by atoms with E-state index in [0.29, 0.717) is 0 Å². The Hall–Kier alpha value is -0.0800. The van der Waals surface area contributed by atoms with Crippen LogP contribution in [0.2, 0.25) is 0 Å². The molecule has 0 aromatic rings. The minimum Gasteiger partial charge on any atom is -0.330 e. The van der Waals surface area contributed by atoms with Gasteiger partial charge in [0.15, 0.2) is 0 Å². The van der Waals surface area contributed by atoms with Gasteiger partial charge in [-0.3, -0.25) is 0 Å². The summed E-state index contributed by atoms with van der Waals surface area (Å²) in [5.41, 5.74) is 6.03. The molecule has 0 spiro atoms. The standard InChI is InChI=1S/C16H32N2/c1-2-7-14-8-9-15(13-17)16(12-14)18-10-5-3-4-6-11-18/h14-16H,2-13,17H2,1H3. The number of hydrogen-bond donors (Lipinski definition) is 1. The van der Waals surface area contributed by atoms with Gasteiger partial charge in [-0.05, 0) is 57.2 Å². The Morgan fingerprint density at radius 3 is 2.39 bits per heavy atom. The van der Waals surface area contributed by atoms with Gasteiger partial charge in [-0.15, -0.1) is 0 Å². The van der Waals surface area contributed by atoms with Crippen molar-refractivity contribution in [1.82, 2.24) is 4.90 Å². The van der Waals surface area contributed by atoms with Gasteiger partial charge in [-0.2, -0.15) is 0 Å². The first-order valence-electron chi connectivity index (χ1n) is 8.29. The summed E-state index contributed by atoms with van der Waals surface area (Å²) in [7, 11) is 0. The van der Waals surface area contributed by atoms with Crippen molar-refractivity contribution in [3.05, 3.63) is 0 Å². The van der Waals surface area contributed by atoms with E-state index in [-0.39, 0.29) is 0 Å². The highest BCUT2D eigenvalue weighted by Crippen LogP contribution is 2.35. The summed E-state index contributed by atoms with van der Waals surface area (Å²) in [6.07, 6.45) is 12.7. The smallest absolute Gasteiger partial charge is 0.0138 e. The van der Waals surface area contributed by atoms with Gasteiger partial charge in [-0.1, -0.05) is 39.0 Å². The quantitative estimate of drug-likeness (QED) is 0.831. The van der Waals surface area contributed by atoms with Crippen LogP contribution < -0.4 is 5.73 Å². The van der Waals surface area contributed by atoms with Gasteiger partial charge >= 0.3 is 0 Å². The first kappa shape index (κ1) is 14.3. The molecular formula is C16H32N2. The minimum absolute atomic E-state index is 0.774. The minimum atomic E-state index is 0.774. The van der Waals surface area contributed by atoms with Gasteiger partial charge in [0.25, 0.3) is 0 Å². The normalized spacial score (nSPS) is 35.3. The number of nitrogens with two attached hydrogens (primary N) is 1.